The van der Waals surface area contributed by atoms with Crippen LogP contribution >= 0.6 is 0 Å². The van der Waals surface area contributed by atoms with Gasteiger partial charge in [0.05, 0.1) is 5.92 Å². The van der Waals surface area contributed by atoms with Crippen LogP contribution in [0.2, 0.25) is 0 Å². The van der Waals surface area contributed by atoms with Gasteiger partial charge >= 0.3 is 5.97 Å². The van der Waals surface area contributed by atoms with Crippen LogP contribution in [0.1, 0.15) is 33.1 Å². The van der Waals surface area contributed by atoms with Crippen LogP contribution < -0.4 is 0 Å². The van der Waals surface area contributed by atoms with Gasteiger partial charge in [0.25, 0.3) is 0 Å². The third-order valence-corrected chi connectivity index (χ3v) is 7.16. The van der Waals surface area contributed by atoms with E-state index in [9.17, 15) is 9.90 Å². The van der Waals surface area contributed by atoms with Gasteiger partial charge in [-0.15, -0.1) is 0 Å². The summed E-state index contributed by atoms with van der Waals surface area (Å²) in [5.74, 6) is 6.00. The van der Waals surface area contributed by atoms with Gasteiger partial charge in [-0.05, 0) is 66.6 Å². The van der Waals surface area contributed by atoms with Gasteiger partial charge in [-0.3, -0.25) is 4.79 Å². The summed E-state index contributed by atoms with van der Waals surface area (Å²) in [7, 11) is 0. The molecule has 0 saturated heterocycles. The minimum Gasteiger partial charge on any atom is -0.481 e. The molecule has 17 heavy (non-hydrogen) atoms. The fourth-order valence-corrected chi connectivity index (χ4v) is 6.51. The molecule has 4 aliphatic carbocycles. The van der Waals surface area contributed by atoms with E-state index in [0.29, 0.717) is 5.92 Å². The average Bonchev–Trinajstić information content (AvgIpc) is 2.98. The molecule has 0 aromatic carbocycles. The highest BCUT2D eigenvalue weighted by Gasteiger charge is 2.66. The van der Waals surface area contributed by atoms with Crippen LogP contribution in [-0.4, -0.2) is 11.1 Å². The molecular weight excluding hydrogens is 212 g/mol. The van der Waals surface area contributed by atoms with Crippen LogP contribution in [0.4, 0.5) is 0 Å². The molecule has 0 heterocycles. The van der Waals surface area contributed by atoms with E-state index in [-0.39, 0.29) is 5.92 Å². The molecule has 94 valence electrons. The minimum absolute atomic E-state index is 0.00288. The number of hydrogen-bond donors (Lipinski definition) is 1. The van der Waals surface area contributed by atoms with Crippen molar-refractivity contribution < 1.29 is 9.90 Å². The van der Waals surface area contributed by atoms with E-state index in [1.165, 1.54) is 12.8 Å². The summed E-state index contributed by atoms with van der Waals surface area (Å²) < 4.78 is 0. The number of carboxylic acids is 1. The highest BCUT2D eigenvalue weighted by molar-refractivity contribution is 5.71. The lowest BCUT2D eigenvalue weighted by molar-refractivity contribution is -0.145. The van der Waals surface area contributed by atoms with E-state index in [0.717, 1.165) is 47.8 Å². The van der Waals surface area contributed by atoms with Crippen LogP contribution in [0, 0.1) is 53.3 Å². The molecule has 4 rings (SSSR count). The Morgan fingerprint density at radius 3 is 2.24 bits per heavy atom. The lowest BCUT2D eigenvalue weighted by atomic mass is 9.62. The molecule has 0 aromatic heterocycles. The molecule has 4 fully saturated rings. The van der Waals surface area contributed by atoms with Crippen molar-refractivity contribution >= 4 is 5.97 Å². The van der Waals surface area contributed by atoms with Crippen molar-refractivity contribution in [3.63, 3.8) is 0 Å². The van der Waals surface area contributed by atoms with Crippen LogP contribution in [0.5, 0.6) is 0 Å². The summed E-state index contributed by atoms with van der Waals surface area (Å²) in [6.07, 6.45) is 3.64. The Kier molecular flexibility index (Phi) is 1.88. The topological polar surface area (TPSA) is 37.3 Å². The quantitative estimate of drug-likeness (QED) is 0.708. The van der Waals surface area contributed by atoms with E-state index >= 15 is 0 Å². The maximum absolute atomic E-state index is 11.3. The van der Waals surface area contributed by atoms with Crippen molar-refractivity contribution in [2.24, 2.45) is 53.3 Å². The SMILES string of the molecule is CC1C(C)C2CC1C1C3CC(C(=O)O)C(C3)C21. The van der Waals surface area contributed by atoms with Crippen molar-refractivity contribution in [2.45, 2.75) is 33.1 Å². The Morgan fingerprint density at radius 2 is 1.59 bits per heavy atom. The molecular formula is C15H22O2. The van der Waals surface area contributed by atoms with Crippen molar-refractivity contribution in [1.29, 1.82) is 0 Å². The first-order valence-corrected chi connectivity index (χ1v) is 7.32. The summed E-state index contributed by atoms with van der Waals surface area (Å²) in [5.41, 5.74) is 0. The maximum atomic E-state index is 11.3. The second kappa shape index (κ2) is 3.07. The van der Waals surface area contributed by atoms with Gasteiger partial charge in [0.2, 0.25) is 0 Å². The largest absolute Gasteiger partial charge is 0.481 e. The van der Waals surface area contributed by atoms with Crippen LogP contribution in [0.15, 0.2) is 0 Å². The predicted molar refractivity (Wildman–Crippen MR) is 64.2 cm³/mol. The van der Waals surface area contributed by atoms with Crippen LogP contribution in [0.3, 0.4) is 0 Å². The first-order valence-electron chi connectivity index (χ1n) is 7.32. The van der Waals surface area contributed by atoms with Crippen molar-refractivity contribution in [1.82, 2.24) is 0 Å². The number of rotatable bonds is 1. The number of carbonyl (C=O) groups is 1. The predicted octanol–water partition coefficient (Wildman–Crippen LogP) is 2.88. The molecule has 9 unspecified atom stereocenters. The van der Waals surface area contributed by atoms with E-state index in [1.807, 2.05) is 0 Å². The summed E-state index contributed by atoms with van der Waals surface area (Å²) in [4.78, 5) is 11.3. The van der Waals surface area contributed by atoms with Crippen LogP contribution in [-0.2, 0) is 4.79 Å². The van der Waals surface area contributed by atoms with Crippen LogP contribution in [0.25, 0.3) is 0 Å². The molecule has 0 spiro atoms. The maximum Gasteiger partial charge on any atom is 0.306 e. The molecule has 1 N–H and O–H groups in total. The second-order valence-corrected chi connectivity index (χ2v) is 7.28. The Hall–Kier alpha value is -0.530. The van der Waals surface area contributed by atoms with Gasteiger partial charge in [0.1, 0.15) is 0 Å². The molecule has 2 heteroatoms. The fraction of sp³-hybridized carbons (Fsp3) is 0.933. The molecule has 4 saturated carbocycles. The van der Waals surface area contributed by atoms with E-state index < -0.39 is 5.97 Å². The molecule has 4 bridgehead atoms. The summed E-state index contributed by atoms with van der Waals surface area (Å²) in [6.45, 7) is 4.85. The highest BCUT2D eigenvalue weighted by atomic mass is 16.4. The van der Waals surface area contributed by atoms with Crippen molar-refractivity contribution in [2.75, 3.05) is 0 Å². The zero-order chi connectivity index (χ0) is 11.9. The zero-order valence-corrected chi connectivity index (χ0v) is 10.7. The van der Waals surface area contributed by atoms with E-state index in [4.69, 9.17) is 0 Å². The molecule has 4 aliphatic rings. The number of fused-ring (bicyclic) bond motifs is 9. The molecule has 0 aliphatic heterocycles. The van der Waals surface area contributed by atoms with Gasteiger partial charge in [0.15, 0.2) is 0 Å². The van der Waals surface area contributed by atoms with Gasteiger partial charge in [0, 0.05) is 0 Å². The number of carboxylic acid groups (broad SMARTS) is 1. The van der Waals surface area contributed by atoms with Gasteiger partial charge in [-0.1, -0.05) is 13.8 Å². The Bertz CT molecular complexity index is 377. The summed E-state index contributed by atoms with van der Waals surface area (Å²) in [5, 5.41) is 9.34. The Balaban J connectivity index is 1.68. The normalized spacial score (nSPS) is 63.1. The molecule has 0 radical (unpaired) electrons. The lowest BCUT2D eigenvalue weighted by Gasteiger charge is -2.42. The third kappa shape index (κ3) is 1.06. The van der Waals surface area contributed by atoms with Crippen molar-refractivity contribution in [3.8, 4) is 0 Å². The monoisotopic (exact) mass is 234 g/mol. The fourth-order valence-electron chi connectivity index (χ4n) is 6.51. The van der Waals surface area contributed by atoms with E-state index in [1.54, 1.807) is 0 Å². The molecule has 2 nitrogen and oxygen atoms in total. The molecule has 0 amide bonds. The van der Waals surface area contributed by atoms with E-state index in [2.05, 4.69) is 13.8 Å². The minimum atomic E-state index is -0.514. The summed E-state index contributed by atoms with van der Waals surface area (Å²) >= 11 is 0. The number of aliphatic carboxylic acids is 1. The number of hydrogen-bond acceptors (Lipinski definition) is 1. The first kappa shape index (κ1) is 10.4. The van der Waals surface area contributed by atoms with Crippen molar-refractivity contribution in [3.05, 3.63) is 0 Å². The standard InChI is InChI=1S/C15H22O2/c1-6-7(2)10-5-9(6)13-8-3-11(14(10)13)12(4-8)15(16)17/h6-14H,3-5H2,1-2H3,(H,16,17). The van der Waals surface area contributed by atoms with Gasteiger partial charge < -0.3 is 5.11 Å². The zero-order valence-electron chi connectivity index (χ0n) is 10.7. The summed E-state index contributed by atoms with van der Waals surface area (Å²) in [6, 6.07) is 0. The first-order chi connectivity index (χ1) is 8.09. The average molecular weight is 234 g/mol. The lowest BCUT2D eigenvalue weighted by Crippen LogP contribution is -2.40. The van der Waals surface area contributed by atoms with Gasteiger partial charge in [-0.2, -0.15) is 0 Å². The Labute approximate surface area is 103 Å². The molecule has 9 atom stereocenters. The Morgan fingerprint density at radius 1 is 0.941 bits per heavy atom. The molecule has 0 aromatic rings. The van der Waals surface area contributed by atoms with Gasteiger partial charge in [-0.25, -0.2) is 0 Å². The third-order valence-electron chi connectivity index (χ3n) is 7.16. The highest BCUT2D eigenvalue weighted by Crippen LogP contribution is 2.71. The second-order valence-electron chi connectivity index (χ2n) is 7.28. The smallest absolute Gasteiger partial charge is 0.306 e.